The molecule has 0 saturated carbocycles. The van der Waals surface area contributed by atoms with Crippen LogP contribution in [0.4, 0.5) is 0 Å². The van der Waals surface area contributed by atoms with Gasteiger partial charge in [-0.05, 0) is 71.0 Å². The zero-order valence-electron chi connectivity index (χ0n) is 18.7. The summed E-state index contributed by atoms with van der Waals surface area (Å²) in [5.41, 5.74) is 0. The molecule has 1 unspecified atom stereocenters. The second-order valence-electron chi connectivity index (χ2n) is 8.22. The van der Waals surface area contributed by atoms with Crippen LogP contribution in [-0.4, -0.2) is 83.6 Å². The number of sulfonamides is 1. The minimum atomic E-state index is -3.32. The first kappa shape index (κ1) is 27.9. The van der Waals surface area contributed by atoms with E-state index in [4.69, 9.17) is 4.74 Å². The lowest BCUT2D eigenvalue weighted by Crippen LogP contribution is -2.42. The van der Waals surface area contributed by atoms with Gasteiger partial charge in [0, 0.05) is 32.8 Å². The number of hydrogen-bond acceptors (Lipinski definition) is 5. The van der Waals surface area contributed by atoms with E-state index in [1.54, 1.807) is 0 Å². The van der Waals surface area contributed by atoms with Crippen LogP contribution < -0.4 is 15.4 Å². The molecule has 3 N–H and O–H groups in total. The van der Waals surface area contributed by atoms with Gasteiger partial charge in [-0.3, -0.25) is 4.99 Å². The van der Waals surface area contributed by atoms with Gasteiger partial charge in [-0.15, -0.1) is 24.0 Å². The predicted molar refractivity (Wildman–Crippen MR) is 134 cm³/mol. The topological polar surface area (TPSA) is 95.1 Å². The monoisotopic (exact) mass is 559 g/mol. The van der Waals surface area contributed by atoms with Crippen molar-refractivity contribution in [2.75, 3.05) is 58.2 Å². The van der Waals surface area contributed by atoms with Crippen molar-refractivity contribution >= 4 is 40.0 Å². The predicted octanol–water partition coefficient (Wildman–Crippen LogP) is 1.77. The maximum Gasteiger partial charge on any atom is 0.213 e. The first-order valence-electron chi connectivity index (χ1n) is 11.3. The Morgan fingerprint density at radius 3 is 2.60 bits per heavy atom. The van der Waals surface area contributed by atoms with Crippen molar-refractivity contribution in [1.29, 1.82) is 0 Å². The molecule has 2 rings (SSSR count). The molecule has 10 heteroatoms. The molecule has 2 fully saturated rings. The number of halogens is 1. The minimum absolute atomic E-state index is 0. The van der Waals surface area contributed by atoms with Gasteiger partial charge in [0.05, 0.1) is 11.9 Å². The molecule has 0 radical (unpaired) electrons. The van der Waals surface area contributed by atoms with Gasteiger partial charge < -0.3 is 20.3 Å². The molecule has 0 aromatic carbocycles. The van der Waals surface area contributed by atoms with Gasteiger partial charge in [0.25, 0.3) is 0 Å². The normalized spacial score (nSPS) is 21.8. The van der Waals surface area contributed by atoms with E-state index in [2.05, 4.69) is 32.2 Å². The van der Waals surface area contributed by atoms with Gasteiger partial charge in [-0.1, -0.05) is 6.92 Å². The molecule has 2 aliphatic heterocycles. The molecule has 2 saturated heterocycles. The summed E-state index contributed by atoms with van der Waals surface area (Å²) in [5, 5.41) is 6.32. The molecule has 1 atom stereocenters. The van der Waals surface area contributed by atoms with Crippen molar-refractivity contribution in [3.63, 3.8) is 0 Å². The third-order valence-corrected chi connectivity index (χ3v) is 6.94. The number of ether oxygens (including phenoxy) is 1. The van der Waals surface area contributed by atoms with E-state index in [0.29, 0.717) is 19.0 Å². The van der Waals surface area contributed by atoms with Crippen molar-refractivity contribution in [3.05, 3.63) is 0 Å². The van der Waals surface area contributed by atoms with E-state index in [9.17, 15) is 8.42 Å². The summed E-state index contributed by atoms with van der Waals surface area (Å²) in [6.07, 6.45) is 6.71. The number of nitrogens with one attached hydrogen (secondary N) is 3. The summed E-state index contributed by atoms with van der Waals surface area (Å²) in [4.78, 5) is 7.10. The molecule has 0 amide bonds. The number of aliphatic imine (C=N–C) groups is 1. The molecule has 2 aliphatic rings. The van der Waals surface area contributed by atoms with E-state index >= 15 is 0 Å². The Labute approximate surface area is 200 Å². The Morgan fingerprint density at radius 1 is 1.17 bits per heavy atom. The highest BCUT2D eigenvalue weighted by molar-refractivity contribution is 14.0. The lowest BCUT2D eigenvalue weighted by molar-refractivity contribution is 0.0200. The third kappa shape index (κ3) is 12.0. The zero-order valence-corrected chi connectivity index (χ0v) is 21.8. The lowest BCUT2D eigenvalue weighted by Gasteiger charge is -2.29. The van der Waals surface area contributed by atoms with E-state index in [0.717, 1.165) is 57.8 Å². The van der Waals surface area contributed by atoms with Crippen molar-refractivity contribution in [1.82, 2.24) is 20.3 Å². The first-order valence-corrected chi connectivity index (χ1v) is 13.0. The quantitative estimate of drug-likeness (QED) is 0.155. The average molecular weight is 560 g/mol. The molecule has 178 valence electrons. The fraction of sp³-hybridized carbons (Fsp3) is 0.950. The molecule has 0 aromatic rings. The van der Waals surface area contributed by atoms with E-state index in [1.165, 1.54) is 25.9 Å². The van der Waals surface area contributed by atoms with Crippen LogP contribution >= 0.6 is 24.0 Å². The summed E-state index contributed by atoms with van der Waals surface area (Å²) in [7, 11) is -3.32. The fourth-order valence-electron chi connectivity index (χ4n) is 3.68. The molecular weight excluding hydrogens is 517 g/mol. The molecule has 0 aromatic heterocycles. The highest BCUT2D eigenvalue weighted by atomic mass is 127. The Hall–Kier alpha value is -0.170. The van der Waals surface area contributed by atoms with Crippen LogP contribution in [0.25, 0.3) is 0 Å². The van der Waals surface area contributed by atoms with Crippen LogP contribution in [0.3, 0.4) is 0 Å². The molecule has 0 aliphatic carbocycles. The number of rotatable bonds is 11. The lowest BCUT2D eigenvalue weighted by atomic mass is 9.99. The van der Waals surface area contributed by atoms with Gasteiger partial charge in [0.2, 0.25) is 10.0 Å². The SMILES string of the molecule is CCNC(=NCCCN1CCC(C)CC1)NCCS(=O)(=O)NCC1CCCCO1.I. The summed E-state index contributed by atoms with van der Waals surface area (Å²) >= 11 is 0. The number of nitrogens with zero attached hydrogens (tertiary/aromatic N) is 2. The fourth-order valence-corrected chi connectivity index (χ4v) is 4.63. The number of likely N-dealkylation sites (tertiary alicyclic amines) is 1. The summed E-state index contributed by atoms with van der Waals surface area (Å²) in [6.45, 7) is 10.7. The van der Waals surface area contributed by atoms with Crippen molar-refractivity contribution in [2.24, 2.45) is 10.9 Å². The van der Waals surface area contributed by atoms with Gasteiger partial charge in [-0.2, -0.15) is 0 Å². The molecule has 8 nitrogen and oxygen atoms in total. The second-order valence-corrected chi connectivity index (χ2v) is 10.1. The summed E-state index contributed by atoms with van der Waals surface area (Å²) in [6, 6.07) is 0. The van der Waals surface area contributed by atoms with E-state index in [-0.39, 0.29) is 35.8 Å². The van der Waals surface area contributed by atoms with Gasteiger partial charge in [0.15, 0.2) is 5.96 Å². The van der Waals surface area contributed by atoms with Crippen LogP contribution in [0, 0.1) is 5.92 Å². The smallest absolute Gasteiger partial charge is 0.213 e. The summed E-state index contributed by atoms with van der Waals surface area (Å²) in [5.74, 6) is 1.57. The van der Waals surface area contributed by atoms with Crippen LogP contribution in [0.5, 0.6) is 0 Å². The number of piperidine rings is 1. The zero-order chi connectivity index (χ0) is 21.0. The molecule has 0 bridgehead atoms. The first-order chi connectivity index (χ1) is 14.0. The van der Waals surface area contributed by atoms with E-state index in [1.807, 2.05) is 6.92 Å². The largest absolute Gasteiger partial charge is 0.377 e. The number of hydrogen-bond donors (Lipinski definition) is 3. The van der Waals surface area contributed by atoms with Crippen molar-refractivity contribution in [3.8, 4) is 0 Å². The van der Waals surface area contributed by atoms with Crippen LogP contribution in [0.15, 0.2) is 4.99 Å². The molecule has 0 spiro atoms. The minimum Gasteiger partial charge on any atom is -0.377 e. The van der Waals surface area contributed by atoms with Gasteiger partial charge >= 0.3 is 0 Å². The standard InChI is InChI=1S/C20H41N5O3S.HI/c1-3-21-20(22-10-6-12-25-13-8-18(2)9-14-25)23-11-16-29(26,27)24-17-19-7-4-5-15-28-19;/h18-19,24H,3-17H2,1-2H3,(H2,21,22,23);1H. The number of guanidine groups is 1. The van der Waals surface area contributed by atoms with Gasteiger partial charge in [0.1, 0.15) is 0 Å². The Morgan fingerprint density at radius 2 is 1.93 bits per heavy atom. The molecule has 30 heavy (non-hydrogen) atoms. The molecule has 2 heterocycles. The van der Waals surface area contributed by atoms with Crippen LogP contribution in [0.2, 0.25) is 0 Å². The van der Waals surface area contributed by atoms with Crippen LogP contribution in [0.1, 0.15) is 52.4 Å². The second kappa shape index (κ2) is 15.6. The average Bonchev–Trinajstić information content (AvgIpc) is 2.72. The summed E-state index contributed by atoms with van der Waals surface area (Å²) < 4.78 is 32.6. The van der Waals surface area contributed by atoms with Crippen LogP contribution in [-0.2, 0) is 14.8 Å². The van der Waals surface area contributed by atoms with Crippen molar-refractivity contribution in [2.45, 2.75) is 58.5 Å². The maximum atomic E-state index is 12.2. The highest BCUT2D eigenvalue weighted by Crippen LogP contribution is 2.15. The Kier molecular flexibility index (Phi) is 14.5. The Balaban J connectivity index is 0.00000450. The highest BCUT2D eigenvalue weighted by Gasteiger charge is 2.18. The Bertz CT molecular complexity index is 577. The third-order valence-electron chi connectivity index (χ3n) is 5.59. The van der Waals surface area contributed by atoms with Crippen molar-refractivity contribution < 1.29 is 13.2 Å². The van der Waals surface area contributed by atoms with E-state index < -0.39 is 10.0 Å². The maximum absolute atomic E-state index is 12.2. The molecular formula is C20H42IN5O3S. The van der Waals surface area contributed by atoms with Gasteiger partial charge in [-0.25, -0.2) is 13.1 Å².